The largest absolute Gasteiger partial charge is 0.391 e. The van der Waals surface area contributed by atoms with Crippen molar-refractivity contribution in [1.82, 2.24) is 4.90 Å². The molecule has 1 saturated carbocycles. The lowest BCUT2D eigenvalue weighted by Gasteiger charge is -2.39. The monoisotopic (exact) mass is 257 g/mol. The van der Waals surface area contributed by atoms with E-state index in [0.29, 0.717) is 32.6 Å². The summed E-state index contributed by atoms with van der Waals surface area (Å²) in [6, 6.07) is 0.208. The highest BCUT2D eigenvalue weighted by molar-refractivity contribution is 4.88. The Labute approximate surface area is 110 Å². The van der Waals surface area contributed by atoms with E-state index in [1.165, 1.54) is 12.8 Å². The molecule has 1 aliphatic carbocycles. The Hall–Kier alpha value is -0.160. The molecule has 0 spiro atoms. The number of likely N-dealkylation sites (N-methyl/N-ethyl adjacent to an activating group) is 1. The molecular formula is C14H27NO3. The van der Waals surface area contributed by atoms with Crippen molar-refractivity contribution in [3.05, 3.63) is 0 Å². The van der Waals surface area contributed by atoms with Crippen LogP contribution in [0.2, 0.25) is 0 Å². The summed E-state index contributed by atoms with van der Waals surface area (Å²) >= 11 is 0. The van der Waals surface area contributed by atoms with E-state index in [-0.39, 0.29) is 12.1 Å². The van der Waals surface area contributed by atoms with Crippen LogP contribution < -0.4 is 0 Å². The van der Waals surface area contributed by atoms with Crippen LogP contribution in [0, 0.1) is 0 Å². The third-order valence-electron chi connectivity index (χ3n) is 4.48. The molecule has 4 nitrogen and oxygen atoms in total. The van der Waals surface area contributed by atoms with Crippen LogP contribution in [0.1, 0.15) is 44.9 Å². The third-order valence-corrected chi connectivity index (χ3v) is 4.48. The fourth-order valence-electron chi connectivity index (χ4n) is 3.27. The van der Waals surface area contributed by atoms with Crippen molar-refractivity contribution in [2.24, 2.45) is 0 Å². The van der Waals surface area contributed by atoms with Gasteiger partial charge in [-0.3, -0.25) is 4.90 Å². The van der Waals surface area contributed by atoms with Gasteiger partial charge in [0.2, 0.25) is 0 Å². The maximum absolute atomic E-state index is 10.5. The zero-order valence-electron chi connectivity index (χ0n) is 11.5. The first-order chi connectivity index (χ1) is 8.61. The smallest absolute Gasteiger partial charge is 0.0817 e. The van der Waals surface area contributed by atoms with Crippen molar-refractivity contribution in [2.45, 2.75) is 62.7 Å². The summed E-state index contributed by atoms with van der Waals surface area (Å²) in [6.07, 6.45) is 6.67. The number of hydrogen-bond donors (Lipinski definition) is 2. The minimum atomic E-state index is -0.626. The van der Waals surface area contributed by atoms with Gasteiger partial charge in [-0.1, -0.05) is 19.3 Å². The molecule has 0 aromatic heterocycles. The van der Waals surface area contributed by atoms with Crippen LogP contribution in [-0.2, 0) is 4.74 Å². The van der Waals surface area contributed by atoms with Gasteiger partial charge in [0.1, 0.15) is 0 Å². The highest BCUT2D eigenvalue weighted by Crippen LogP contribution is 2.26. The fourth-order valence-corrected chi connectivity index (χ4v) is 3.27. The van der Waals surface area contributed by atoms with Gasteiger partial charge >= 0.3 is 0 Å². The molecule has 1 heterocycles. The van der Waals surface area contributed by atoms with E-state index in [9.17, 15) is 10.2 Å². The molecular weight excluding hydrogens is 230 g/mol. The summed E-state index contributed by atoms with van der Waals surface area (Å²) in [4.78, 5) is 2.17. The fraction of sp³-hybridized carbons (Fsp3) is 1.00. The molecule has 106 valence electrons. The second kappa shape index (κ2) is 6.33. The Balaban J connectivity index is 1.90. The number of rotatable bonds is 3. The molecule has 2 fully saturated rings. The second-order valence-corrected chi connectivity index (χ2v) is 6.02. The van der Waals surface area contributed by atoms with Crippen molar-refractivity contribution in [3.8, 4) is 0 Å². The van der Waals surface area contributed by atoms with E-state index in [1.54, 1.807) is 0 Å². The number of aliphatic hydroxyl groups excluding tert-OH is 1. The lowest BCUT2D eigenvalue weighted by Crippen LogP contribution is -2.51. The quantitative estimate of drug-likeness (QED) is 0.745. The summed E-state index contributed by atoms with van der Waals surface area (Å²) in [6.45, 7) is 1.95. The molecule has 2 atom stereocenters. The molecule has 2 unspecified atom stereocenters. The summed E-state index contributed by atoms with van der Waals surface area (Å²) in [5, 5.41) is 20.7. The maximum Gasteiger partial charge on any atom is 0.0817 e. The topological polar surface area (TPSA) is 52.9 Å². The van der Waals surface area contributed by atoms with E-state index in [1.807, 2.05) is 7.05 Å². The standard InChI is InChI=1S/C14H27NO3/c1-15(11-14(17)7-9-18-10-8-14)12-5-3-2-4-6-13(12)16/h12-13,16-17H,2-11H2,1H3. The van der Waals surface area contributed by atoms with Crippen molar-refractivity contribution < 1.29 is 14.9 Å². The van der Waals surface area contributed by atoms with Crippen LogP contribution >= 0.6 is 0 Å². The van der Waals surface area contributed by atoms with E-state index >= 15 is 0 Å². The van der Waals surface area contributed by atoms with E-state index < -0.39 is 5.60 Å². The summed E-state index contributed by atoms with van der Waals surface area (Å²) < 4.78 is 5.31. The lowest BCUT2D eigenvalue weighted by molar-refractivity contribution is -0.0882. The molecule has 2 rings (SSSR count). The molecule has 0 radical (unpaired) electrons. The minimum Gasteiger partial charge on any atom is -0.391 e. The first kappa shape index (κ1) is 14.3. The molecule has 0 aromatic rings. The molecule has 1 aliphatic heterocycles. The average molecular weight is 257 g/mol. The molecule has 2 N–H and O–H groups in total. The van der Waals surface area contributed by atoms with Crippen LogP contribution in [0.25, 0.3) is 0 Å². The molecule has 0 bridgehead atoms. The average Bonchev–Trinajstić information content (AvgIpc) is 2.54. The van der Waals surface area contributed by atoms with Crippen molar-refractivity contribution >= 4 is 0 Å². The Morgan fingerprint density at radius 1 is 1.17 bits per heavy atom. The zero-order chi connectivity index (χ0) is 13.0. The van der Waals surface area contributed by atoms with E-state index in [2.05, 4.69) is 4.90 Å². The van der Waals surface area contributed by atoms with Gasteiger partial charge in [-0.2, -0.15) is 0 Å². The summed E-state index contributed by atoms with van der Waals surface area (Å²) in [5.74, 6) is 0. The maximum atomic E-state index is 10.5. The first-order valence-electron chi connectivity index (χ1n) is 7.29. The lowest BCUT2D eigenvalue weighted by atomic mass is 9.92. The number of ether oxygens (including phenoxy) is 1. The third kappa shape index (κ3) is 3.67. The molecule has 4 heteroatoms. The Bertz CT molecular complexity index is 253. The van der Waals surface area contributed by atoms with Crippen molar-refractivity contribution in [1.29, 1.82) is 0 Å². The molecule has 0 amide bonds. The molecule has 2 aliphatic rings. The van der Waals surface area contributed by atoms with Crippen molar-refractivity contribution in [3.63, 3.8) is 0 Å². The predicted molar refractivity (Wildman–Crippen MR) is 70.5 cm³/mol. The highest BCUT2D eigenvalue weighted by atomic mass is 16.5. The van der Waals surface area contributed by atoms with Crippen LogP contribution in [0.3, 0.4) is 0 Å². The van der Waals surface area contributed by atoms with Gasteiger partial charge in [-0.05, 0) is 19.9 Å². The Kier molecular flexibility index (Phi) is 5.01. The van der Waals surface area contributed by atoms with Gasteiger partial charge in [-0.25, -0.2) is 0 Å². The minimum absolute atomic E-state index is 0.208. The van der Waals surface area contributed by atoms with Gasteiger partial charge in [0, 0.05) is 38.6 Å². The van der Waals surface area contributed by atoms with Gasteiger partial charge in [-0.15, -0.1) is 0 Å². The van der Waals surface area contributed by atoms with E-state index in [0.717, 1.165) is 19.3 Å². The van der Waals surface area contributed by atoms with Gasteiger partial charge in [0.15, 0.2) is 0 Å². The predicted octanol–water partition coefficient (Wildman–Crippen LogP) is 1.15. The zero-order valence-corrected chi connectivity index (χ0v) is 11.5. The Morgan fingerprint density at radius 2 is 1.83 bits per heavy atom. The number of hydrogen-bond acceptors (Lipinski definition) is 4. The Morgan fingerprint density at radius 3 is 2.56 bits per heavy atom. The number of nitrogens with zero attached hydrogens (tertiary/aromatic N) is 1. The van der Waals surface area contributed by atoms with Crippen LogP contribution in [0.5, 0.6) is 0 Å². The van der Waals surface area contributed by atoms with Crippen molar-refractivity contribution in [2.75, 3.05) is 26.8 Å². The SMILES string of the molecule is CN(CC1(O)CCOCC1)C1CCCCCC1O. The number of aliphatic hydroxyl groups is 2. The van der Waals surface area contributed by atoms with Gasteiger partial charge < -0.3 is 14.9 Å². The summed E-state index contributed by atoms with van der Waals surface area (Å²) in [7, 11) is 2.03. The molecule has 18 heavy (non-hydrogen) atoms. The molecule has 1 saturated heterocycles. The van der Waals surface area contributed by atoms with Crippen LogP contribution in [-0.4, -0.2) is 59.7 Å². The highest BCUT2D eigenvalue weighted by Gasteiger charge is 2.34. The van der Waals surface area contributed by atoms with Crippen LogP contribution in [0.4, 0.5) is 0 Å². The van der Waals surface area contributed by atoms with Gasteiger partial charge in [0.05, 0.1) is 11.7 Å². The molecule has 0 aromatic carbocycles. The summed E-state index contributed by atoms with van der Waals surface area (Å²) in [5.41, 5.74) is -0.626. The first-order valence-corrected chi connectivity index (χ1v) is 7.29. The van der Waals surface area contributed by atoms with Crippen LogP contribution in [0.15, 0.2) is 0 Å². The van der Waals surface area contributed by atoms with E-state index in [4.69, 9.17) is 4.74 Å². The normalized spacial score (nSPS) is 33.3. The second-order valence-electron chi connectivity index (χ2n) is 6.02. The van der Waals surface area contributed by atoms with Gasteiger partial charge in [0.25, 0.3) is 0 Å².